The summed E-state index contributed by atoms with van der Waals surface area (Å²) in [5.41, 5.74) is 1.06. The number of fused-ring (bicyclic) bond motifs is 2. The fraction of sp³-hybridized carbons (Fsp3) is 0.622. The standard InChI is InChI=1S/C37H55NO5/c1-5-7-9-11-13-15-17-19-21-38(3,22-20-18-16-14-12-10-8-6-2)27-28-23-30-34(32(39)24-28)37(42)35-31(36(30)41)25-29(43-4)26-33(35)40/h23-26H,5-22,27H2,1-4H3,(H-,39,40,42)/p+1. The third kappa shape index (κ3) is 9.82. The number of hydrogen-bond donors (Lipinski definition) is 2. The van der Waals surface area contributed by atoms with Crippen LogP contribution in [-0.2, 0) is 6.54 Å². The van der Waals surface area contributed by atoms with Crippen LogP contribution in [0.15, 0.2) is 24.3 Å². The Hall–Kier alpha value is -2.86. The summed E-state index contributed by atoms with van der Waals surface area (Å²) in [7, 11) is 3.75. The number of carbonyl (C=O) groups is 2. The molecule has 0 saturated heterocycles. The Balaban J connectivity index is 1.73. The van der Waals surface area contributed by atoms with E-state index in [1.165, 1.54) is 109 Å². The average molecular weight is 595 g/mol. The number of hydrogen-bond acceptors (Lipinski definition) is 5. The highest BCUT2D eigenvalue weighted by Gasteiger charge is 2.36. The Labute approximate surface area is 260 Å². The third-order valence-electron chi connectivity index (χ3n) is 9.11. The molecule has 6 heteroatoms. The summed E-state index contributed by atoms with van der Waals surface area (Å²) in [5.74, 6) is -1.12. The van der Waals surface area contributed by atoms with Crippen LogP contribution < -0.4 is 4.74 Å². The molecular weight excluding hydrogens is 538 g/mol. The molecule has 0 unspecified atom stereocenters. The van der Waals surface area contributed by atoms with Crippen LogP contribution in [-0.4, -0.2) is 53.5 Å². The minimum absolute atomic E-state index is 0.0259. The van der Waals surface area contributed by atoms with Gasteiger partial charge in [-0.05, 0) is 43.9 Å². The molecule has 0 aromatic heterocycles. The Kier molecular flexibility index (Phi) is 14.0. The first kappa shape index (κ1) is 34.6. The highest BCUT2D eigenvalue weighted by atomic mass is 16.5. The normalized spacial score (nSPS) is 12.8. The van der Waals surface area contributed by atoms with Crippen molar-refractivity contribution >= 4 is 11.6 Å². The number of nitrogens with zero attached hydrogens (tertiary/aromatic N) is 1. The van der Waals surface area contributed by atoms with Crippen molar-refractivity contribution < 1.29 is 29.0 Å². The summed E-state index contributed by atoms with van der Waals surface area (Å²) in [6.07, 6.45) is 20.4. The molecule has 2 aromatic carbocycles. The van der Waals surface area contributed by atoms with Crippen LogP contribution in [0.4, 0.5) is 0 Å². The Morgan fingerprint density at radius 1 is 0.605 bits per heavy atom. The molecule has 0 aliphatic heterocycles. The van der Waals surface area contributed by atoms with Gasteiger partial charge in [0.1, 0.15) is 23.8 Å². The summed E-state index contributed by atoms with van der Waals surface area (Å²) in [6.45, 7) is 7.28. The second-order valence-electron chi connectivity index (χ2n) is 12.9. The molecule has 238 valence electrons. The largest absolute Gasteiger partial charge is 0.507 e. The topological polar surface area (TPSA) is 83.8 Å². The smallest absolute Gasteiger partial charge is 0.201 e. The molecule has 0 spiro atoms. The summed E-state index contributed by atoms with van der Waals surface area (Å²) in [6, 6.07) is 6.24. The predicted octanol–water partition coefficient (Wildman–Crippen LogP) is 9.11. The molecular formula is C37H56NO5+. The summed E-state index contributed by atoms with van der Waals surface area (Å²) >= 11 is 0. The van der Waals surface area contributed by atoms with Gasteiger partial charge in [0.25, 0.3) is 0 Å². The predicted molar refractivity (Wildman–Crippen MR) is 174 cm³/mol. The van der Waals surface area contributed by atoms with Crippen molar-refractivity contribution in [3.8, 4) is 17.2 Å². The molecule has 2 N–H and O–H groups in total. The van der Waals surface area contributed by atoms with Crippen LogP contribution >= 0.6 is 0 Å². The monoisotopic (exact) mass is 594 g/mol. The maximum absolute atomic E-state index is 13.6. The molecule has 0 amide bonds. The van der Waals surface area contributed by atoms with Gasteiger partial charge in [-0.25, -0.2) is 0 Å². The number of phenolic OH excluding ortho intramolecular Hbond substituents is 2. The van der Waals surface area contributed by atoms with Crippen molar-refractivity contribution in [2.24, 2.45) is 0 Å². The number of aromatic hydroxyl groups is 2. The lowest BCUT2D eigenvalue weighted by molar-refractivity contribution is -0.923. The number of benzene rings is 2. The zero-order chi connectivity index (χ0) is 31.2. The quantitative estimate of drug-likeness (QED) is 0.0949. The molecule has 1 aliphatic rings. The lowest BCUT2D eigenvalue weighted by Gasteiger charge is -2.35. The minimum atomic E-state index is -0.538. The van der Waals surface area contributed by atoms with Gasteiger partial charge < -0.3 is 19.4 Å². The molecule has 0 bridgehead atoms. The molecule has 0 saturated carbocycles. The first-order valence-electron chi connectivity index (χ1n) is 16.9. The number of carbonyl (C=O) groups excluding carboxylic acids is 2. The molecule has 1 aliphatic carbocycles. The van der Waals surface area contributed by atoms with Crippen molar-refractivity contribution in [1.29, 1.82) is 0 Å². The maximum atomic E-state index is 13.6. The number of rotatable bonds is 21. The van der Waals surface area contributed by atoms with E-state index in [0.29, 0.717) is 12.3 Å². The van der Waals surface area contributed by atoms with Crippen molar-refractivity contribution in [2.45, 2.75) is 123 Å². The molecule has 0 radical (unpaired) electrons. The fourth-order valence-corrected chi connectivity index (χ4v) is 6.57. The van der Waals surface area contributed by atoms with E-state index >= 15 is 0 Å². The molecule has 6 nitrogen and oxygen atoms in total. The van der Waals surface area contributed by atoms with Crippen LogP contribution in [0.3, 0.4) is 0 Å². The molecule has 2 aromatic rings. The zero-order valence-corrected chi connectivity index (χ0v) is 27.3. The first-order valence-corrected chi connectivity index (χ1v) is 16.9. The summed E-state index contributed by atoms with van der Waals surface area (Å²) in [5, 5.41) is 21.5. The van der Waals surface area contributed by atoms with Gasteiger partial charge in [0.15, 0.2) is 5.78 Å². The number of ether oxygens (including phenoxy) is 1. The van der Waals surface area contributed by atoms with E-state index in [9.17, 15) is 19.8 Å². The summed E-state index contributed by atoms with van der Waals surface area (Å²) in [4.78, 5) is 26.9. The van der Waals surface area contributed by atoms with E-state index in [0.717, 1.165) is 36.0 Å². The van der Waals surface area contributed by atoms with Crippen molar-refractivity contribution in [2.75, 3.05) is 27.2 Å². The van der Waals surface area contributed by atoms with Crippen molar-refractivity contribution in [1.82, 2.24) is 0 Å². The highest BCUT2D eigenvalue weighted by molar-refractivity contribution is 6.30. The molecule has 0 atom stereocenters. The van der Waals surface area contributed by atoms with Crippen molar-refractivity contribution in [3.05, 3.63) is 52.1 Å². The van der Waals surface area contributed by atoms with Crippen LogP contribution in [0.2, 0.25) is 0 Å². The Bertz CT molecular complexity index is 1180. The fourth-order valence-electron chi connectivity index (χ4n) is 6.57. The van der Waals surface area contributed by atoms with E-state index < -0.39 is 5.78 Å². The van der Waals surface area contributed by atoms with Gasteiger partial charge in [0.2, 0.25) is 5.78 Å². The van der Waals surface area contributed by atoms with Gasteiger partial charge in [0, 0.05) is 22.8 Å². The molecule has 0 fully saturated rings. The second kappa shape index (κ2) is 17.4. The van der Waals surface area contributed by atoms with Crippen LogP contribution in [0.5, 0.6) is 17.2 Å². The Morgan fingerprint density at radius 3 is 1.53 bits per heavy atom. The molecule has 3 rings (SSSR count). The number of ketones is 2. The SMILES string of the molecule is CCCCCCCCCC[N+](C)(CCCCCCCCCC)Cc1cc(O)c2c(c1)C(=O)c1cc(OC)cc(O)c1C2=O. The van der Waals surface area contributed by atoms with Gasteiger partial charge >= 0.3 is 0 Å². The van der Waals surface area contributed by atoms with Gasteiger partial charge in [-0.2, -0.15) is 0 Å². The van der Waals surface area contributed by atoms with Crippen LogP contribution in [0, 0.1) is 0 Å². The van der Waals surface area contributed by atoms with Crippen LogP contribution in [0.25, 0.3) is 0 Å². The summed E-state index contributed by atoms with van der Waals surface area (Å²) < 4.78 is 6.07. The highest BCUT2D eigenvalue weighted by Crippen LogP contribution is 2.39. The first-order chi connectivity index (χ1) is 20.7. The lowest BCUT2D eigenvalue weighted by Crippen LogP contribution is -2.44. The number of quaternary nitrogens is 1. The van der Waals surface area contributed by atoms with E-state index in [2.05, 4.69) is 20.9 Å². The number of phenols is 2. The van der Waals surface area contributed by atoms with E-state index in [4.69, 9.17) is 4.74 Å². The average Bonchev–Trinajstić information content (AvgIpc) is 2.98. The van der Waals surface area contributed by atoms with Crippen molar-refractivity contribution in [3.63, 3.8) is 0 Å². The maximum Gasteiger partial charge on any atom is 0.201 e. The van der Waals surface area contributed by atoms with Gasteiger partial charge in [0.05, 0.1) is 38.4 Å². The molecule has 0 heterocycles. The lowest BCUT2D eigenvalue weighted by atomic mass is 9.82. The van der Waals surface area contributed by atoms with Gasteiger partial charge in [-0.1, -0.05) is 90.9 Å². The Morgan fingerprint density at radius 2 is 1.05 bits per heavy atom. The molecule has 43 heavy (non-hydrogen) atoms. The zero-order valence-electron chi connectivity index (χ0n) is 27.3. The van der Waals surface area contributed by atoms with E-state index in [1.54, 1.807) is 12.1 Å². The number of methoxy groups -OCH3 is 1. The van der Waals surface area contributed by atoms with Gasteiger partial charge in [-0.15, -0.1) is 0 Å². The minimum Gasteiger partial charge on any atom is -0.507 e. The third-order valence-corrected chi connectivity index (χ3v) is 9.11. The van der Waals surface area contributed by atoms with E-state index in [-0.39, 0.29) is 39.5 Å². The van der Waals surface area contributed by atoms with E-state index in [1.807, 2.05) is 0 Å². The van der Waals surface area contributed by atoms with Gasteiger partial charge in [-0.3, -0.25) is 9.59 Å². The van der Waals surface area contributed by atoms with Crippen LogP contribution in [0.1, 0.15) is 154 Å². The number of unbranched alkanes of at least 4 members (excludes halogenated alkanes) is 14. The second-order valence-corrected chi connectivity index (χ2v) is 12.9.